The minimum absolute atomic E-state index is 0.0721. The topological polar surface area (TPSA) is 88.8 Å². The number of halogens is 6. The Balaban J connectivity index is 0.000000214. The SMILES string of the molecule is C[C@H](NC=O)c1nc(N2CCCC2)nn1-c1ncccn1.Cc1cc(C(F)(F)F)cc(C(F)(F)F)c1. The molecule has 1 fully saturated rings. The predicted octanol–water partition coefficient (Wildman–Crippen LogP) is 4.50. The lowest BCUT2D eigenvalue weighted by molar-refractivity contribution is -0.143. The summed E-state index contributed by atoms with van der Waals surface area (Å²) < 4.78 is 74.6. The zero-order valence-electron chi connectivity index (χ0n) is 19.3. The Bertz CT molecular complexity index is 1130. The van der Waals surface area contributed by atoms with Crippen molar-refractivity contribution in [2.45, 2.75) is 45.1 Å². The maximum absolute atomic E-state index is 12.2. The van der Waals surface area contributed by atoms with E-state index in [4.69, 9.17) is 0 Å². The molecule has 0 saturated carbocycles. The highest BCUT2D eigenvalue weighted by Gasteiger charge is 2.36. The molecule has 1 atom stereocenters. The standard InChI is InChI=1S/C13H17N7O.C9H6F6/c1-10(16-9-21)11-17-13(19-7-2-3-8-19)18-20(11)12-14-5-4-6-15-12;1-5-2-6(8(10,11)12)4-7(3-5)9(13,14)15/h4-6,9-10H,2-3,7-8H2,1H3,(H,16,21);2-4H,1H3/t10-;/m0./s1. The predicted molar refractivity (Wildman–Crippen MR) is 117 cm³/mol. The van der Waals surface area contributed by atoms with Gasteiger partial charge in [0.1, 0.15) is 0 Å². The van der Waals surface area contributed by atoms with Crippen molar-refractivity contribution in [3.05, 3.63) is 59.2 Å². The van der Waals surface area contributed by atoms with Crippen LogP contribution in [0, 0.1) is 6.92 Å². The maximum atomic E-state index is 12.2. The molecule has 14 heteroatoms. The average molecular weight is 515 g/mol. The van der Waals surface area contributed by atoms with E-state index in [0.29, 0.717) is 36.3 Å². The second-order valence-corrected chi connectivity index (χ2v) is 8.01. The Morgan fingerprint density at radius 3 is 2.00 bits per heavy atom. The summed E-state index contributed by atoms with van der Waals surface area (Å²) in [5.74, 6) is 1.73. The van der Waals surface area contributed by atoms with Crippen LogP contribution in [-0.2, 0) is 17.1 Å². The molecule has 2 aromatic heterocycles. The van der Waals surface area contributed by atoms with Gasteiger partial charge in [0, 0.05) is 25.5 Å². The summed E-state index contributed by atoms with van der Waals surface area (Å²) in [6.45, 7) is 4.94. The fourth-order valence-electron chi connectivity index (χ4n) is 3.48. The minimum Gasteiger partial charge on any atom is -0.349 e. The van der Waals surface area contributed by atoms with Gasteiger partial charge in [0.25, 0.3) is 5.95 Å². The van der Waals surface area contributed by atoms with Gasteiger partial charge in [-0.25, -0.2) is 9.97 Å². The number of aromatic nitrogens is 5. The summed E-state index contributed by atoms with van der Waals surface area (Å²) in [6.07, 6.45) is -3.26. The van der Waals surface area contributed by atoms with Gasteiger partial charge in [-0.15, -0.1) is 5.10 Å². The molecule has 1 amide bonds. The number of hydrogen-bond acceptors (Lipinski definition) is 6. The second kappa shape index (κ2) is 10.9. The number of anilines is 1. The van der Waals surface area contributed by atoms with Gasteiger partial charge in [-0.3, -0.25) is 4.79 Å². The molecule has 194 valence electrons. The Kier molecular flexibility index (Phi) is 8.15. The molecule has 8 nitrogen and oxygen atoms in total. The van der Waals surface area contributed by atoms with E-state index in [1.165, 1.54) is 6.92 Å². The average Bonchev–Trinajstić information content (AvgIpc) is 3.49. The molecular formula is C22H23F6N7O. The smallest absolute Gasteiger partial charge is 0.349 e. The first-order chi connectivity index (χ1) is 16.9. The van der Waals surface area contributed by atoms with Crippen molar-refractivity contribution < 1.29 is 31.1 Å². The van der Waals surface area contributed by atoms with E-state index >= 15 is 0 Å². The van der Waals surface area contributed by atoms with Crippen molar-refractivity contribution in [2.24, 2.45) is 0 Å². The van der Waals surface area contributed by atoms with Crippen molar-refractivity contribution >= 4 is 12.4 Å². The summed E-state index contributed by atoms with van der Waals surface area (Å²) in [4.78, 5) is 25.8. The number of alkyl halides is 6. The van der Waals surface area contributed by atoms with Crippen molar-refractivity contribution in [1.82, 2.24) is 30.0 Å². The van der Waals surface area contributed by atoms with Gasteiger partial charge in [-0.1, -0.05) is 0 Å². The van der Waals surface area contributed by atoms with Crippen LogP contribution >= 0.6 is 0 Å². The van der Waals surface area contributed by atoms with Gasteiger partial charge in [0.2, 0.25) is 12.4 Å². The van der Waals surface area contributed by atoms with Crippen LogP contribution in [0.2, 0.25) is 0 Å². The molecule has 0 unspecified atom stereocenters. The quantitative estimate of drug-likeness (QED) is 0.398. The molecule has 1 aliphatic heterocycles. The molecular weight excluding hydrogens is 492 g/mol. The van der Waals surface area contributed by atoms with Gasteiger partial charge in [0.05, 0.1) is 17.2 Å². The number of nitrogens with zero attached hydrogens (tertiary/aromatic N) is 6. The first-order valence-corrected chi connectivity index (χ1v) is 10.8. The fourth-order valence-corrected chi connectivity index (χ4v) is 3.48. The molecule has 4 rings (SSSR count). The Hall–Kier alpha value is -3.71. The first-order valence-electron chi connectivity index (χ1n) is 10.8. The van der Waals surface area contributed by atoms with Crippen LogP contribution in [0.15, 0.2) is 36.7 Å². The van der Waals surface area contributed by atoms with Gasteiger partial charge in [-0.2, -0.15) is 36.0 Å². The summed E-state index contributed by atoms with van der Waals surface area (Å²) in [7, 11) is 0. The number of carbonyl (C=O) groups is 1. The van der Waals surface area contributed by atoms with Crippen molar-refractivity contribution in [1.29, 1.82) is 0 Å². The Labute approximate surface area is 202 Å². The maximum Gasteiger partial charge on any atom is 0.416 e. The lowest BCUT2D eigenvalue weighted by atomic mass is 10.1. The van der Waals surface area contributed by atoms with Gasteiger partial charge in [0.15, 0.2) is 5.82 Å². The van der Waals surface area contributed by atoms with Gasteiger partial charge >= 0.3 is 12.4 Å². The molecule has 0 spiro atoms. The Morgan fingerprint density at radius 1 is 0.944 bits per heavy atom. The highest BCUT2D eigenvalue weighted by molar-refractivity contribution is 5.47. The summed E-state index contributed by atoms with van der Waals surface area (Å²) in [6, 6.07) is 2.93. The van der Waals surface area contributed by atoms with E-state index in [0.717, 1.165) is 25.9 Å². The molecule has 1 N–H and O–H groups in total. The van der Waals surface area contributed by atoms with Gasteiger partial charge in [-0.05, 0) is 56.5 Å². The minimum atomic E-state index is -4.76. The van der Waals surface area contributed by atoms with Crippen LogP contribution < -0.4 is 10.2 Å². The van der Waals surface area contributed by atoms with Crippen LogP contribution in [0.4, 0.5) is 32.3 Å². The van der Waals surface area contributed by atoms with E-state index in [1.807, 2.05) is 6.92 Å². The van der Waals surface area contributed by atoms with Gasteiger partial charge < -0.3 is 10.2 Å². The summed E-state index contributed by atoms with van der Waals surface area (Å²) in [5.41, 5.74) is -2.64. The third-order valence-corrected chi connectivity index (χ3v) is 5.19. The second-order valence-electron chi connectivity index (χ2n) is 8.01. The monoisotopic (exact) mass is 515 g/mol. The first kappa shape index (κ1) is 26.9. The molecule has 3 heterocycles. The van der Waals surface area contributed by atoms with Crippen molar-refractivity contribution in [3.63, 3.8) is 0 Å². The Morgan fingerprint density at radius 2 is 1.50 bits per heavy atom. The number of amides is 1. The molecule has 0 radical (unpaired) electrons. The van der Waals surface area contributed by atoms with E-state index < -0.39 is 23.5 Å². The third kappa shape index (κ3) is 6.70. The summed E-state index contributed by atoms with van der Waals surface area (Å²) >= 11 is 0. The van der Waals surface area contributed by atoms with Crippen molar-refractivity contribution in [3.8, 4) is 5.95 Å². The van der Waals surface area contributed by atoms with Crippen LogP contribution in [0.1, 0.15) is 48.3 Å². The fraction of sp³-hybridized carbons (Fsp3) is 0.409. The zero-order chi connectivity index (χ0) is 26.5. The number of benzene rings is 1. The zero-order valence-corrected chi connectivity index (χ0v) is 19.3. The molecule has 1 aliphatic rings. The normalized spacial score (nSPS) is 14.7. The van der Waals surface area contributed by atoms with Crippen LogP contribution in [0.25, 0.3) is 5.95 Å². The molecule has 0 aliphatic carbocycles. The molecule has 0 bridgehead atoms. The molecule has 3 aromatic rings. The molecule has 1 saturated heterocycles. The summed E-state index contributed by atoms with van der Waals surface area (Å²) in [5, 5.41) is 7.21. The third-order valence-electron chi connectivity index (χ3n) is 5.19. The highest BCUT2D eigenvalue weighted by Crippen LogP contribution is 2.36. The van der Waals surface area contributed by atoms with E-state index in [-0.39, 0.29) is 17.7 Å². The van der Waals surface area contributed by atoms with Crippen LogP contribution in [-0.4, -0.2) is 44.2 Å². The van der Waals surface area contributed by atoms with Crippen molar-refractivity contribution in [2.75, 3.05) is 18.0 Å². The van der Waals surface area contributed by atoms with E-state index in [2.05, 4.69) is 30.3 Å². The van der Waals surface area contributed by atoms with Crippen LogP contribution in [0.5, 0.6) is 0 Å². The highest BCUT2D eigenvalue weighted by atomic mass is 19.4. The number of carbonyl (C=O) groups excluding carboxylic acids is 1. The molecule has 1 aromatic carbocycles. The van der Waals surface area contributed by atoms with E-state index in [9.17, 15) is 31.1 Å². The molecule has 36 heavy (non-hydrogen) atoms. The number of hydrogen-bond donors (Lipinski definition) is 1. The largest absolute Gasteiger partial charge is 0.416 e. The number of rotatable bonds is 5. The lowest BCUT2D eigenvalue weighted by Gasteiger charge is -2.12. The van der Waals surface area contributed by atoms with Crippen LogP contribution in [0.3, 0.4) is 0 Å². The lowest BCUT2D eigenvalue weighted by Crippen LogP contribution is -2.21. The number of aryl methyl sites for hydroxylation is 1. The number of nitrogens with one attached hydrogen (secondary N) is 1. The van der Waals surface area contributed by atoms with E-state index in [1.54, 1.807) is 23.1 Å².